The number of benzene rings is 2. The number of carbonyl (C=O) groups is 2. The van der Waals surface area contributed by atoms with Gasteiger partial charge in [-0.25, -0.2) is 4.79 Å². The van der Waals surface area contributed by atoms with Crippen molar-refractivity contribution >= 4 is 29.3 Å². The summed E-state index contributed by atoms with van der Waals surface area (Å²) >= 11 is 1.31. The topological polar surface area (TPSA) is 95.3 Å². The van der Waals surface area contributed by atoms with Gasteiger partial charge < -0.3 is 19.4 Å². The molecule has 1 amide bonds. The molecule has 0 saturated carbocycles. The molecule has 34 heavy (non-hydrogen) atoms. The van der Waals surface area contributed by atoms with E-state index in [4.69, 9.17) is 4.74 Å². The molecule has 0 bridgehead atoms. The van der Waals surface area contributed by atoms with Crippen LogP contribution in [-0.4, -0.2) is 46.1 Å². The van der Waals surface area contributed by atoms with E-state index in [2.05, 4.69) is 26.8 Å². The predicted molar refractivity (Wildman–Crippen MR) is 132 cm³/mol. The summed E-state index contributed by atoms with van der Waals surface area (Å²) in [4.78, 5) is 23.9. The van der Waals surface area contributed by atoms with E-state index in [1.54, 1.807) is 30.3 Å². The summed E-state index contributed by atoms with van der Waals surface area (Å²) in [5.41, 5.74) is 2.12. The van der Waals surface area contributed by atoms with Gasteiger partial charge >= 0.3 is 5.97 Å². The summed E-state index contributed by atoms with van der Waals surface area (Å²) in [5.74, 6) is 1.28. The SMILES string of the molecule is C=CCn1c(CCCOc2ccccc2C)nnc1SCC(=O)Nc1ccc(C(=O)OC)cc1. The molecule has 3 rings (SSSR count). The maximum Gasteiger partial charge on any atom is 0.337 e. The van der Waals surface area contributed by atoms with Gasteiger partial charge in [0, 0.05) is 18.7 Å². The Morgan fingerprint density at radius 1 is 1.15 bits per heavy atom. The fraction of sp³-hybridized carbons (Fsp3) is 0.280. The molecule has 1 heterocycles. The highest BCUT2D eigenvalue weighted by Gasteiger charge is 2.14. The largest absolute Gasteiger partial charge is 0.493 e. The normalized spacial score (nSPS) is 10.5. The van der Waals surface area contributed by atoms with E-state index in [1.165, 1.54) is 18.9 Å². The number of para-hydroxylation sites is 1. The van der Waals surface area contributed by atoms with Crippen LogP contribution in [0.2, 0.25) is 0 Å². The van der Waals surface area contributed by atoms with Crippen molar-refractivity contribution in [3.63, 3.8) is 0 Å². The molecule has 0 fully saturated rings. The van der Waals surface area contributed by atoms with Crippen LogP contribution in [0.15, 0.2) is 66.3 Å². The molecule has 2 aromatic carbocycles. The second-order valence-electron chi connectivity index (χ2n) is 7.42. The molecule has 0 saturated heterocycles. The highest BCUT2D eigenvalue weighted by Crippen LogP contribution is 2.20. The van der Waals surface area contributed by atoms with Gasteiger partial charge in [-0.05, 0) is 49.2 Å². The van der Waals surface area contributed by atoms with Crippen molar-refractivity contribution in [2.75, 3.05) is 24.8 Å². The van der Waals surface area contributed by atoms with Crippen LogP contribution in [0, 0.1) is 6.92 Å². The minimum absolute atomic E-state index is 0.171. The number of ether oxygens (including phenoxy) is 2. The lowest BCUT2D eigenvalue weighted by atomic mass is 10.2. The average molecular weight is 481 g/mol. The molecule has 0 radical (unpaired) electrons. The molecule has 0 aliphatic heterocycles. The van der Waals surface area contributed by atoms with Crippen LogP contribution < -0.4 is 10.1 Å². The van der Waals surface area contributed by atoms with Gasteiger partial charge in [-0.2, -0.15) is 0 Å². The van der Waals surface area contributed by atoms with E-state index in [1.807, 2.05) is 35.8 Å². The van der Waals surface area contributed by atoms with Gasteiger partial charge in [-0.3, -0.25) is 4.79 Å². The number of esters is 1. The molecule has 9 heteroatoms. The maximum atomic E-state index is 12.4. The van der Waals surface area contributed by atoms with Crippen molar-refractivity contribution in [3.05, 3.63) is 78.1 Å². The molecule has 0 aliphatic rings. The molecule has 3 aromatic rings. The number of allylic oxidation sites excluding steroid dienone is 1. The lowest BCUT2D eigenvalue weighted by Gasteiger charge is -2.10. The van der Waals surface area contributed by atoms with E-state index in [-0.39, 0.29) is 11.7 Å². The van der Waals surface area contributed by atoms with Crippen LogP contribution in [0.4, 0.5) is 5.69 Å². The Morgan fingerprint density at radius 3 is 2.62 bits per heavy atom. The summed E-state index contributed by atoms with van der Waals surface area (Å²) in [6.45, 7) is 6.97. The first-order chi connectivity index (χ1) is 16.5. The lowest BCUT2D eigenvalue weighted by molar-refractivity contribution is -0.113. The highest BCUT2D eigenvalue weighted by atomic mass is 32.2. The van der Waals surface area contributed by atoms with Crippen LogP contribution >= 0.6 is 11.8 Å². The quantitative estimate of drug-likeness (QED) is 0.179. The smallest absolute Gasteiger partial charge is 0.337 e. The third-order valence-corrected chi connectivity index (χ3v) is 5.89. The van der Waals surface area contributed by atoms with E-state index >= 15 is 0 Å². The first-order valence-electron chi connectivity index (χ1n) is 10.8. The van der Waals surface area contributed by atoms with Gasteiger partial charge in [-0.1, -0.05) is 36.0 Å². The molecule has 0 atom stereocenters. The Labute approximate surface area is 203 Å². The molecular weight excluding hydrogens is 452 g/mol. The fourth-order valence-corrected chi connectivity index (χ4v) is 3.96. The molecular formula is C25H28N4O4S. The minimum atomic E-state index is -0.424. The Kier molecular flexibility index (Phi) is 9.28. The number of nitrogens with zero attached hydrogens (tertiary/aromatic N) is 3. The third-order valence-electron chi connectivity index (χ3n) is 4.92. The number of thioether (sulfide) groups is 1. The van der Waals surface area contributed by atoms with Gasteiger partial charge in [0.25, 0.3) is 0 Å². The minimum Gasteiger partial charge on any atom is -0.493 e. The maximum absolute atomic E-state index is 12.4. The summed E-state index contributed by atoms with van der Waals surface area (Å²) < 4.78 is 12.5. The Bertz CT molecular complexity index is 1130. The van der Waals surface area contributed by atoms with E-state index in [0.29, 0.717) is 36.0 Å². The van der Waals surface area contributed by atoms with Crippen LogP contribution in [0.25, 0.3) is 0 Å². The van der Waals surface area contributed by atoms with Gasteiger partial charge in [0.15, 0.2) is 5.16 Å². The van der Waals surface area contributed by atoms with Gasteiger partial charge in [0.2, 0.25) is 5.91 Å². The number of hydrogen-bond donors (Lipinski definition) is 1. The highest BCUT2D eigenvalue weighted by molar-refractivity contribution is 7.99. The zero-order valence-electron chi connectivity index (χ0n) is 19.3. The standard InChI is InChI=1S/C25H28N4O4S/c1-4-15-29-22(10-7-16-33-21-9-6-5-8-18(21)2)27-28-25(29)34-17-23(30)26-20-13-11-19(12-14-20)24(31)32-3/h4-6,8-9,11-14H,1,7,10,15-17H2,2-3H3,(H,26,30). The zero-order valence-corrected chi connectivity index (χ0v) is 20.1. The molecule has 8 nitrogen and oxygen atoms in total. The summed E-state index contributed by atoms with van der Waals surface area (Å²) in [6, 6.07) is 14.4. The predicted octanol–water partition coefficient (Wildman–Crippen LogP) is 4.30. The number of aromatic nitrogens is 3. The monoisotopic (exact) mass is 480 g/mol. The van der Waals surface area contributed by atoms with E-state index in [9.17, 15) is 9.59 Å². The number of methoxy groups -OCH3 is 1. The number of carbonyl (C=O) groups excluding carboxylic acids is 2. The second kappa shape index (κ2) is 12.6. The fourth-order valence-electron chi connectivity index (χ4n) is 3.19. The molecule has 178 valence electrons. The number of anilines is 1. The molecule has 1 aromatic heterocycles. The van der Waals surface area contributed by atoms with Crippen LogP contribution in [0.1, 0.15) is 28.2 Å². The number of aryl methyl sites for hydroxylation is 2. The van der Waals surface area contributed by atoms with Crippen molar-refractivity contribution in [2.45, 2.75) is 31.5 Å². The van der Waals surface area contributed by atoms with Crippen molar-refractivity contribution in [2.24, 2.45) is 0 Å². The number of hydrogen-bond acceptors (Lipinski definition) is 7. The molecule has 1 N–H and O–H groups in total. The van der Waals surface area contributed by atoms with Crippen molar-refractivity contribution < 1.29 is 19.1 Å². The number of rotatable bonds is 12. The summed E-state index contributed by atoms with van der Waals surface area (Å²) in [5, 5.41) is 12.0. The van der Waals surface area contributed by atoms with Crippen molar-refractivity contribution in [1.29, 1.82) is 0 Å². The first kappa shape index (κ1) is 25.0. The van der Waals surface area contributed by atoms with Crippen LogP contribution in [-0.2, 0) is 22.5 Å². The Balaban J connectivity index is 1.51. The van der Waals surface area contributed by atoms with Crippen LogP contribution in [0.5, 0.6) is 5.75 Å². The van der Waals surface area contributed by atoms with Gasteiger partial charge in [0.1, 0.15) is 11.6 Å². The van der Waals surface area contributed by atoms with Crippen LogP contribution in [0.3, 0.4) is 0 Å². The lowest BCUT2D eigenvalue weighted by Crippen LogP contribution is -2.15. The van der Waals surface area contributed by atoms with E-state index < -0.39 is 5.97 Å². The van der Waals surface area contributed by atoms with Crippen molar-refractivity contribution in [3.8, 4) is 5.75 Å². The third kappa shape index (κ3) is 6.95. The summed E-state index contributed by atoms with van der Waals surface area (Å²) in [6.07, 6.45) is 3.27. The second-order valence-corrected chi connectivity index (χ2v) is 8.36. The Morgan fingerprint density at radius 2 is 1.91 bits per heavy atom. The number of amides is 1. The first-order valence-corrected chi connectivity index (χ1v) is 11.8. The molecule has 0 spiro atoms. The molecule has 0 unspecified atom stereocenters. The zero-order chi connectivity index (χ0) is 24.3. The van der Waals surface area contributed by atoms with Gasteiger partial charge in [0.05, 0.1) is 25.0 Å². The summed E-state index contributed by atoms with van der Waals surface area (Å²) in [7, 11) is 1.32. The molecule has 0 aliphatic carbocycles. The van der Waals surface area contributed by atoms with Crippen molar-refractivity contribution in [1.82, 2.24) is 14.8 Å². The average Bonchev–Trinajstić information content (AvgIpc) is 3.23. The van der Waals surface area contributed by atoms with Gasteiger partial charge in [-0.15, -0.1) is 16.8 Å². The Hall–Kier alpha value is -3.59. The van der Waals surface area contributed by atoms with E-state index in [0.717, 1.165) is 23.6 Å². The number of nitrogens with one attached hydrogen (secondary N) is 1.